The quantitative estimate of drug-likeness (QED) is 0.372. The van der Waals surface area contributed by atoms with Crippen LogP contribution < -0.4 is 10.6 Å². The van der Waals surface area contributed by atoms with Crippen molar-refractivity contribution in [2.75, 3.05) is 17.6 Å². The summed E-state index contributed by atoms with van der Waals surface area (Å²) in [5.74, 6) is 0.260. The molecule has 0 aliphatic carbocycles. The van der Waals surface area contributed by atoms with E-state index in [2.05, 4.69) is 62.8 Å². The van der Waals surface area contributed by atoms with Gasteiger partial charge in [-0.2, -0.15) is 0 Å². The molecule has 1 amide bonds. The number of carbonyl (C=O) groups is 1. The van der Waals surface area contributed by atoms with Crippen LogP contribution in [0.15, 0.2) is 18.2 Å². The molecule has 0 aromatic heterocycles. The Bertz CT molecular complexity index is 471. The van der Waals surface area contributed by atoms with Crippen LogP contribution in [0.2, 0.25) is 0 Å². The van der Waals surface area contributed by atoms with E-state index in [4.69, 9.17) is 0 Å². The topological polar surface area (TPSA) is 41.1 Å². The molecule has 0 unspecified atom stereocenters. The van der Waals surface area contributed by atoms with E-state index in [0.717, 1.165) is 37.8 Å². The molecule has 114 valence electrons. The summed E-state index contributed by atoms with van der Waals surface area (Å²) in [7, 11) is 4.10. The van der Waals surface area contributed by atoms with Gasteiger partial charge >= 0.3 is 134 Å². The van der Waals surface area contributed by atoms with Gasteiger partial charge in [-0.3, -0.25) is 0 Å². The zero-order valence-corrected chi connectivity index (χ0v) is 13.9. The number of anilines is 1. The average Bonchev–Trinajstić information content (AvgIpc) is 2.46. The molecule has 0 atom stereocenters. The van der Waals surface area contributed by atoms with Gasteiger partial charge in [0.15, 0.2) is 0 Å². The fourth-order valence-electron chi connectivity index (χ4n) is 2.17. The molecule has 0 fully saturated rings. The summed E-state index contributed by atoms with van der Waals surface area (Å²) in [5, 5.41) is 6.24. The second-order valence-electron chi connectivity index (χ2n) is 5.31. The number of para-hydroxylation sites is 1. The Morgan fingerprint density at radius 2 is 1.86 bits per heavy atom. The minimum absolute atomic E-state index is 0.000521. The number of amides is 1. The van der Waals surface area contributed by atoms with Gasteiger partial charge in [-0.25, -0.2) is 0 Å². The number of nitrogens with one attached hydrogen (secondary N) is 2. The van der Waals surface area contributed by atoms with Crippen molar-refractivity contribution >= 4 is 37.3 Å². The molecule has 5 heteroatoms. The standard InChI is InChI=1S/C16H25BN2OS/c1-12-7-6-8-13(2)16(12)19-14(17)9-4-3-5-10-18-15(20)11-21/h6-8,17,19,21H,3-5,9-11H2,1-2H3,(H,18,20). The molecule has 1 aromatic rings. The van der Waals surface area contributed by atoms with Crippen molar-refractivity contribution in [1.29, 1.82) is 0 Å². The van der Waals surface area contributed by atoms with Crippen LogP contribution in [0.3, 0.4) is 0 Å². The Hall–Kier alpha value is -1.23. The zero-order valence-electron chi connectivity index (χ0n) is 13.0. The summed E-state index contributed by atoms with van der Waals surface area (Å²) in [6, 6.07) is 6.28. The van der Waals surface area contributed by atoms with Crippen LogP contribution in [0, 0.1) is 13.8 Å². The molecule has 1 rings (SSSR count). The van der Waals surface area contributed by atoms with Gasteiger partial charge in [0, 0.05) is 0 Å². The molecular formula is C16H25BN2OS. The molecule has 21 heavy (non-hydrogen) atoms. The second kappa shape index (κ2) is 9.66. The fraction of sp³-hybridized carbons (Fsp3) is 0.500. The first kappa shape index (κ1) is 17.8. The van der Waals surface area contributed by atoms with Crippen molar-refractivity contribution in [1.82, 2.24) is 5.32 Å². The molecular weight excluding hydrogens is 279 g/mol. The van der Waals surface area contributed by atoms with Gasteiger partial charge in [0.25, 0.3) is 0 Å². The van der Waals surface area contributed by atoms with Gasteiger partial charge in [-0.05, 0) is 0 Å². The van der Waals surface area contributed by atoms with E-state index in [0.29, 0.717) is 0 Å². The van der Waals surface area contributed by atoms with Crippen molar-refractivity contribution in [3.63, 3.8) is 0 Å². The Kier molecular flexibility index (Phi) is 8.20. The van der Waals surface area contributed by atoms with Gasteiger partial charge in [0.1, 0.15) is 0 Å². The SMILES string of the molecule is B=C(CCCCCNC(=O)CS)Nc1c(C)cccc1C. The van der Waals surface area contributed by atoms with E-state index in [-0.39, 0.29) is 11.7 Å². The van der Waals surface area contributed by atoms with Gasteiger partial charge in [0.05, 0.1) is 0 Å². The number of carbonyl (C=O) groups excluding carboxylic acids is 1. The third-order valence-corrected chi connectivity index (χ3v) is 3.69. The molecule has 1 aromatic carbocycles. The van der Waals surface area contributed by atoms with Crippen molar-refractivity contribution in [3.05, 3.63) is 29.3 Å². The summed E-state index contributed by atoms with van der Waals surface area (Å²) >= 11 is 3.92. The van der Waals surface area contributed by atoms with E-state index in [1.807, 2.05) is 0 Å². The van der Waals surface area contributed by atoms with Crippen molar-refractivity contribution in [2.45, 2.75) is 39.5 Å². The van der Waals surface area contributed by atoms with Crippen LogP contribution in [0.4, 0.5) is 5.69 Å². The van der Waals surface area contributed by atoms with Crippen molar-refractivity contribution < 1.29 is 4.79 Å². The van der Waals surface area contributed by atoms with Gasteiger partial charge in [-0.1, -0.05) is 0 Å². The normalized spacial score (nSPS) is 10.2. The van der Waals surface area contributed by atoms with E-state index < -0.39 is 0 Å². The monoisotopic (exact) mass is 304 g/mol. The van der Waals surface area contributed by atoms with Gasteiger partial charge in [0.2, 0.25) is 0 Å². The predicted octanol–water partition coefficient (Wildman–Crippen LogP) is 2.35. The van der Waals surface area contributed by atoms with Crippen LogP contribution in [0.25, 0.3) is 0 Å². The van der Waals surface area contributed by atoms with E-state index in [9.17, 15) is 4.79 Å². The molecule has 3 nitrogen and oxygen atoms in total. The summed E-state index contributed by atoms with van der Waals surface area (Å²) < 4.78 is 0. The molecule has 0 saturated heterocycles. The Labute approximate surface area is 134 Å². The van der Waals surface area contributed by atoms with Crippen LogP contribution >= 0.6 is 12.6 Å². The summed E-state index contributed by atoms with van der Waals surface area (Å²) in [4.78, 5) is 11.0. The number of aryl methyl sites for hydroxylation is 2. The van der Waals surface area contributed by atoms with Crippen LogP contribution in [0.1, 0.15) is 36.8 Å². The summed E-state index contributed by atoms with van der Waals surface area (Å²) in [6.07, 6.45) is 4.11. The summed E-state index contributed by atoms with van der Waals surface area (Å²) in [6.45, 7) is 4.94. The van der Waals surface area contributed by atoms with E-state index >= 15 is 0 Å². The zero-order chi connectivity index (χ0) is 15.7. The maximum absolute atomic E-state index is 11.0. The first-order chi connectivity index (χ1) is 10.0. The van der Waals surface area contributed by atoms with E-state index in [1.54, 1.807) is 0 Å². The molecule has 0 bridgehead atoms. The molecule has 0 aliphatic heterocycles. The second-order valence-corrected chi connectivity index (χ2v) is 5.63. The van der Waals surface area contributed by atoms with Gasteiger partial charge < -0.3 is 0 Å². The predicted molar refractivity (Wildman–Crippen MR) is 97.0 cm³/mol. The molecule has 0 saturated carbocycles. The van der Waals surface area contributed by atoms with Crippen LogP contribution in [-0.4, -0.2) is 31.3 Å². The number of unbranched alkanes of at least 4 members (excludes halogenated alkanes) is 2. The van der Waals surface area contributed by atoms with Crippen molar-refractivity contribution in [2.24, 2.45) is 0 Å². The number of benzene rings is 1. The molecule has 2 N–H and O–H groups in total. The van der Waals surface area contributed by atoms with E-state index in [1.165, 1.54) is 16.8 Å². The van der Waals surface area contributed by atoms with Crippen LogP contribution in [-0.2, 0) is 4.79 Å². The number of rotatable bonds is 9. The number of hydrogen-bond donors (Lipinski definition) is 3. The van der Waals surface area contributed by atoms with Gasteiger partial charge in [-0.15, -0.1) is 0 Å². The third kappa shape index (κ3) is 6.85. The Morgan fingerprint density at radius 1 is 1.19 bits per heavy atom. The molecule has 0 heterocycles. The first-order valence-electron chi connectivity index (χ1n) is 7.43. The molecule has 0 spiro atoms. The third-order valence-electron chi connectivity index (χ3n) is 3.40. The number of hydrogen-bond acceptors (Lipinski definition) is 3. The summed E-state index contributed by atoms with van der Waals surface area (Å²) in [5.41, 5.74) is 4.70. The minimum atomic E-state index is -0.000521. The fourth-order valence-corrected chi connectivity index (χ4v) is 2.29. The first-order valence-corrected chi connectivity index (χ1v) is 8.06. The Morgan fingerprint density at radius 3 is 2.48 bits per heavy atom. The average molecular weight is 304 g/mol. The van der Waals surface area contributed by atoms with Crippen LogP contribution in [0.5, 0.6) is 0 Å². The molecule has 0 aliphatic rings. The molecule has 0 radical (unpaired) electrons. The van der Waals surface area contributed by atoms with Crippen molar-refractivity contribution in [3.8, 4) is 0 Å². The maximum atomic E-state index is 11.0. The number of thiol groups is 1. The Balaban J connectivity index is 2.21.